The highest BCUT2D eigenvalue weighted by atomic mass is 16.6. The number of benzene rings is 1. The maximum absolute atomic E-state index is 12.1. The molecule has 5 heteroatoms. The van der Waals surface area contributed by atoms with Gasteiger partial charge in [0.25, 0.3) is 0 Å². The van der Waals surface area contributed by atoms with Gasteiger partial charge in [0.1, 0.15) is 0 Å². The molecule has 0 saturated heterocycles. The second kappa shape index (κ2) is 11.6. The summed E-state index contributed by atoms with van der Waals surface area (Å²) >= 11 is 0. The molecule has 0 aliphatic rings. The van der Waals surface area contributed by atoms with Gasteiger partial charge in [0, 0.05) is 19.4 Å². The summed E-state index contributed by atoms with van der Waals surface area (Å²) in [5.74, 6) is -1.16. The first kappa shape index (κ1) is 20.2. The Morgan fingerprint density at radius 1 is 1.08 bits per heavy atom. The second-order valence-electron chi connectivity index (χ2n) is 5.85. The van der Waals surface area contributed by atoms with E-state index in [0.29, 0.717) is 19.4 Å². The standard InChI is InChI=1S/C19H28O5/c1-3-4-14-23-15(2)19(16-10-6-5-7-11-16)24-18(22)13-9-8-12-17(20)21/h5-7,10-11,15,19H,3-4,8-9,12-14H2,1-2H3,(H,20,21). The number of carbonyl (C=O) groups excluding carboxylic acids is 1. The number of unbranched alkanes of at least 4 members (excludes halogenated alkanes) is 2. The molecule has 0 saturated carbocycles. The molecule has 0 spiro atoms. The zero-order valence-electron chi connectivity index (χ0n) is 14.6. The first-order valence-electron chi connectivity index (χ1n) is 8.62. The van der Waals surface area contributed by atoms with E-state index in [1.165, 1.54) is 0 Å². The molecule has 5 nitrogen and oxygen atoms in total. The summed E-state index contributed by atoms with van der Waals surface area (Å²) in [5.41, 5.74) is 0.903. The van der Waals surface area contributed by atoms with Crippen molar-refractivity contribution in [2.75, 3.05) is 6.61 Å². The van der Waals surface area contributed by atoms with Crippen molar-refractivity contribution in [1.29, 1.82) is 0 Å². The molecule has 0 aliphatic carbocycles. The van der Waals surface area contributed by atoms with Crippen molar-refractivity contribution < 1.29 is 24.2 Å². The molecule has 1 aromatic carbocycles. The lowest BCUT2D eigenvalue weighted by Gasteiger charge is -2.25. The minimum Gasteiger partial charge on any atom is -0.481 e. The predicted octanol–water partition coefficient (Wildman–Crippen LogP) is 4.12. The lowest BCUT2D eigenvalue weighted by Crippen LogP contribution is -2.24. The van der Waals surface area contributed by atoms with E-state index in [1.54, 1.807) is 0 Å². The lowest BCUT2D eigenvalue weighted by atomic mass is 10.0. The molecule has 134 valence electrons. The van der Waals surface area contributed by atoms with Crippen LogP contribution >= 0.6 is 0 Å². The fourth-order valence-corrected chi connectivity index (χ4v) is 2.32. The van der Waals surface area contributed by atoms with E-state index in [4.69, 9.17) is 14.6 Å². The molecule has 2 unspecified atom stereocenters. The van der Waals surface area contributed by atoms with E-state index >= 15 is 0 Å². The molecule has 1 aromatic rings. The number of esters is 1. The van der Waals surface area contributed by atoms with Crippen LogP contribution in [0.1, 0.15) is 64.0 Å². The Bertz CT molecular complexity index is 486. The number of ether oxygens (including phenoxy) is 2. The van der Waals surface area contributed by atoms with E-state index in [-0.39, 0.29) is 24.9 Å². The van der Waals surface area contributed by atoms with Crippen LogP contribution in [0.3, 0.4) is 0 Å². The van der Waals surface area contributed by atoms with Crippen molar-refractivity contribution in [3.05, 3.63) is 35.9 Å². The summed E-state index contributed by atoms with van der Waals surface area (Å²) in [7, 11) is 0. The highest BCUT2D eigenvalue weighted by molar-refractivity contribution is 5.70. The van der Waals surface area contributed by atoms with Gasteiger partial charge in [-0.15, -0.1) is 0 Å². The third-order valence-electron chi connectivity index (χ3n) is 3.71. The summed E-state index contributed by atoms with van der Waals surface area (Å²) < 4.78 is 11.4. The number of hydrogen-bond acceptors (Lipinski definition) is 4. The van der Waals surface area contributed by atoms with Crippen LogP contribution in [0.2, 0.25) is 0 Å². The number of aliphatic carboxylic acids is 1. The summed E-state index contributed by atoms with van der Waals surface area (Å²) in [5, 5.41) is 8.62. The van der Waals surface area contributed by atoms with Crippen LogP contribution in [-0.4, -0.2) is 29.8 Å². The average Bonchev–Trinajstić information content (AvgIpc) is 2.57. The zero-order valence-corrected chi connectivity index (χ0v) is 14.6. The monoisotopic (exact) mass is 336 g/mol. The van der Waals surface area contributed by atoms with E-state index in [2.05, 4.69) is 6.92 Å². The fourth-order valence-electron chi connectivity index (χ4n) is 2.32. The zero-order chi connectivity index (χ0) is 17.8. The molecule has 1 N–H and O–H groups in total. The van der Waals surface area contributed by atoms with Gasteiger partial charge in [0.15, 0.2) is 6.10 Å². The van der Waals surface area contributed by atoms with Crippen molar-refractivity contribution in [1.82, 2.24) is 0 Å². The van der Waals surface area contributed by atoms with Gasteiger partial charge in [0.2, 0.25) is 0 Å². The normalized spacial score (nSPS) is 13.2. The molecule has 0 fully saturated rings. The third kappa shape index (κ3) is 8.11. The van der Waals surface area contributed by atoms with E-state index in [0.717, 1.165) is 18.4 Å². The second-order valence-corrected chi connectivity index (χ2v) is 5.85. The van der Waals surface area contributed by atoms with Gasteiger partial charge in [-0.05, 0) is 31.7 Å². The van der Waals surface area contributed by atoms with Gasteiger partial charge in [-0.1, -0.05) is 43.7 Å². The van der Waals surface area contributed by atoms with Crippen LogP contribution in [0.25, 0.3) is 0 Å². The Balaban J connectivity index is 2.58. The Hall–Kier alpha value is -1.88. The summed E-state index contributed by atoms with van der Waals surface area (Å²) in [6.45, 7) is 4.64. The third-order valence-corrected chi connectivity index (χ3v) is 3.71. The molecule has 0 aromatic heterocycles. The smallest absolute Gasteiger partial charge is 0.306 e. The van der Waals surface area contributed by atoms with Gasteiger partial charge in [0.05, 0.1) is 6.10 Å². The van der Waals surface area contributed by atoms with Crippen molar-refractivity contribution in [3.8, 4) is 0 Å². The molecule has 0 aliphatic heterocycles. The van der Waals surface area contributed by atoms with E-state index in [9.17, 15) is 9.59 Å². The van der Waals surface area contributed by atoms with Crippen LogP contribution < -0.4 is 0 Å². The van der Waals surface area contributed by atoms with E-state index < -0.39 is 12.1 Å². The van der Waals surface area contributed by atoms with Crippen molar-refractivity contribution in [3.63, 3.8) is 0 Å². The maximum Gasteiger partial charge on any atom is 0.306 e. The predicted molar refractivity (Wildman–Crippen MR) is 91.7 cm³/mol. The molecule has 0 heterocycles. The van der Waals surface area contributed by atoms with Crippen LogP contribution in [0.15, 0.2) is 30.3 Å². The van der Waals surface area contributed by atoms with Crippen LogP contribution in [0.5, 0.6) is 0 Å². The minimum atomic E-state index is -0.844. The molecule has 1 rings (SSSR count). The van der Waals surface area contributed by atoms with Gasteiger partial charge >= 0.3 is 11.9 Å². The largest absolute Gasteiger partial charge is 0.481 e. The molecule has 0 bridgehead atoms. The SMILES string of the molecule is CCCCOC(C)C(OC(=O)CCCCC(=O)O)c1ccccc1. The number of carboxylic acid groups (broad SMARTS) is 1. The highest BCUT2D eigenvalue weighted by Crippen LogP contribution is 2.24. The van der Waals surface area contributed by atoms with Crippen molar-refractivity contribution >= 4 is 11.9 Å². The van der Waals surface area contributed by atoms with Crippen molar-refractivity contribution in [2.45, 2.75) is 64.6 Å². The Labute approximate surface area is 144 Å². The maximum atomic E-state index is 12.1. The van der Waals surface area contributed by atoms with Gasteiger partial charge in [-0.2, -0.15) is 0 Å². The molecule has 0 amide bonds. The Kier molecular flexibility index (Phi) is 9.77. The number of carboxylic acids is 1. The Morgan fingerprint density at radius 3 is 2.38 bits per heavy atom. The molecule has 24 heavy (non-hydrogen) atoms. The summed E-state index contributed by atoms with van der Waals surface area (Å²) in [6.07, 6.45) is 2.61. The number of carbonyl (C=O) groups is 2. The molecule has 2 atom stereocenters. The van der Waals surface area contributed by atoms with Gasteiger partial charge in [-0.25, -0.2) is 0 Å². The van der Waals surface area contributed by atoms with Gasteiger partial charge < -0.3 is 14.6 Å². The van der Waals surface area contributed by atoms with Crippen LogP contribution in [0.4, 0.5) is 0 Å². The van der Waals surface area contributed by atoms with E-state index in [1.807, 2.05) is 37.3 Å². The Morgan fingerprint density at radius 2 is 1.75 bits per heavy atom. The highest BCUT2D eigenvalue weighted by Gasteiger charge is 2.24. The van der Waals surface area contributed by atoms with Crippen LogP contribution in [0, 0.1) is 0 Å². The first-order chi connectivity index (χ1) is 11.5. The summed E-state index contributed by atoms with van der Waals surface area (Å²) in [4.78, 5) is 22.6. The number of hydrogen-bond donors (Lipinski definition) is 1. The molecule has 0 radical (unpaired) electrons. The minimum absolute atomic E-state index is 0.0753. The quantitative estimate of drug-likeness (QED) is 0.459. The van der Waals surface area contributed by atoms with Crippen molar-refractivity contribution in [2.24, 2.45) is 0 Å². The first-order valence-corrected chi connectivity index (χ1v) is 8.62. The number of rotatable bonds is 12. The average molecular weight is 336 g/mol. The van der Waals surface area contributed by atoms with Gasteiger partial charge in [-0.3, -0.25) is 9.59 Å². The lowest BCUT2D eigenvalue weighted by molar-refractivity contribution is -0.158. The topological polar surface area (TPSA) is 72.8 Å². The van der Waals surface area contributed by atoms with Crippen LogP contribution in [-0.2, 0) is 19.1 Å². The fraction of sp³-hybridized carbons (Fsp3) is 0.579. The molecular formula is C19H28O5. The molecular weight excluding hydrogens is 308 g/mol. The summed E-state index contributed by atoms with van der Waals surface area (Å²) in [6, 6.07) is 9.56.